The molecule has 2 N–H and O–H groups in total. The molecular formula is C17H26BrF3IN5. The van der Waals surface area contributed by atoms with E-state index in [0.717, 1.165) is 29.7 Å². The second kappa shape index (κ2) is 11.3. The average molecular weight is 564 g/mol. The Hall–Kier alpha value is -0.750. The van der Waals surface area contributed by atoms with Crippen molar-refractivity contribution in [2.24, 2.45) is 4.99 Å². The van der Waals surface area contributed by atoms with E-state index < -0.39 is 12.7 Å². The third-order valence-electron chi connectivity index (χ3n) is 4.18. The van der Waals surface area contributed by atoms with Crippen molar-refractivity contribution < 1.29 is 13.2 Å². The molecular weight excluding hydrogens is 538 g/mol. The van der Waals surface area contributed by atoms with E-state index in [9.17, 15) is 13.2 Å². The number of hydrogen-bond acceptors (Lipinski definition) is 3. The number of likely N-dealkylation sites (N-methyl/N-ethyl adjacent to an activating group) is 1. The van der Waals surface area contributed by atoms with Crippen LogP contribution in [0, 0.1) is 0 Å². The van der Waals surface area contributed by atoms with Crippen LogP contribution in [0.15, 0.2) is 33.7 Å². The molecule has 2 rings (SSSR count). The molecule has 0 aliphatic carbocycles. The predicted octanol–water partition coefficient (Wildman–Crippen LogP) is 3.30. The monoisotopic (exact) mass is 563 g/mol. The molecule has 1 unspecified atom stereocenters. The van der Waals surface area contributed by atoms with E-state index in [1.54, 1.807) is 7.05 Å². The van der Waals surface area contributed by atoms with E-state index in [2.05, 4.69) is 42.5 Å². The number of benzene rings is 1. The summed E-state index contributed by atoms with van der Waals surface area (Å²) >= 11 is 3.58. The van der Waals surface area contributed by atoms with Gasteiger partial charge in [-0.25, -0.2) is 0 Å². The Balaban J connectivity index is 0.00000364. The first kappa shape index (κ1) is 24.3. The zero-order valence-electron chi connectivity index (χ0n) is 15.4. The molecule has 0 saturated carbocycles. The van der Waals surface area contributed by atoms with Crippen molar-refractivity contribution in [3.63, 3.8) is 0 Å². The van der Waals surface area contributed by atoms with E-state index in [1.807, 2.05) is 18.2 Å². The topological polar surface area (TPSA) is 42.9 Å². The fourth-order valence-electron chi connectivity index (χ4n) is 2.94. The van der Waals surface area contributed by atoms with Gasteiger partial charge in [0, 0.05) is 43.7 Å². The van der Waals surface area contributed by atoms with Crippen LogP contribution in [0.1, 0.15) is 6.42 Å². The Morgan fingerprint density at radius 1 is 1.37 bits per heavy atom. The molecule has 27 heavy (non-hydrogen) atoms. The van der Waals surface area contributed by atoms with Crippen LogP contribution in [0.4, 0.5) is 18.9 Å². The standard InChI is InChI=1S/C17H25BrF3N5.HI/c1-22-16(23-8-10-25(2)12-17(19,20)21)24-13-7-9-26(11-13)15-6-4-3-5-14(15)18;/h3-6,13H,7-12H2,1-2H3,(H2,22,23,24);1H. The van der Waals surface area contributed by atoms with Crippen molar-refractivity contribution in [1.29, 1.82) is 0 Å². The lowest BCUT2D eigenvalue weighted by molar-refractivity contribution is -0.142. The van der Waals surface area contributed by atoms with Crippen LogP contribution in [-0.2, 0) is 0 Å². The number of nitrogens with zero attached hydrogens (tertiary/aromatic N) is 3. The minimum atomic E-state index is -4.17. The molecule has 5 nitrogen and oxygen atoms in total. The van der Waals surface area contributed by atoms with Gasteiger partial charge in [-0.3, -0.25) is 9.89 Å². The highest BCUT2D eigenvalue weighted by Gasteiger charge is 2.29. The number of guanidine groups is 1. The van der Waals surface area contributed by atoms with Gasteiger partial charge in [-0.2, -0.15) is 13.2 Å². The van der Waals surface area contributed by atoms with Gasteiger partial charge in [-0.05, 0) is 41.5 Å². The molecule has 1 heterocycles. The van der Waals surface area contributed by atoms with Gasteiger partial charge in [0.15, 0.2) is 5.96 Å². The number of hydrogen-bond donors (Lipinski definition) is 2. The fourth-order valence-corrected chi connectivity index (χ4v) is 3.48. The maximum Gasteiger partial charge on any atom is 0.401 e. The summed E-state index contributed by atoms with van der Waals surface area (Å²) in [5.74, 6) is 0.615. The second-order valence-corrected chi connectivity index (χ2v) is 7.23. The lowest BCUT2D eigenvalue weighted by Gasteiger charge is -2.22. The highest BCUT2D eigenvalue weighted by molar-refractivity contribution is 14.0. The molecule has 1 aromatic rings. The highest BCUT2D eigenvalue weighted by atomic mass is 127. The van der Waals surface area contributed by atoms with Crippen LogP contribution in [0.5, 0.6) is 0 Å². The second-order valence-electron chi connectivity index (χ2n) is 6.38. The molecule has 1 aliphatic rings. The summed E-state index contributed by atoms with van der Waals surface area (Å²) < 4.78 is 38.0. The number of anilines is 1. The Kier molecular flexibility index (Phi) is 10.2. The summed E-state index contributed by atoms with van der Waals surface area (Å²) in [5.41, 5.74) is 1.16. The Labute approximate surface area is 183 Å². The maximum atomic E-state index is 12.3. The van der Waals surface area contributed by atoms with Crippen LogP contribution >= 0.6 is 39.9 Å². The summed E-state index contributed by atoms with van der Waals surface area (Å²) in [6, 6.07) is 8.34. The van der Waals surface area contributed by atoms with Crippen LogP contribution in [0.25, 0.3) is 0 Å². The van der Waals surface area contributed by atoms with Crippen molar-refractivity contribution in [1.82, 2.24) is 15.5 Å². The third-order valence-corrected chi connectivity index (χ3v) is 4.85. The lowest BCUT2D eigenvalue weighted by atomic mass is 10.3. The molecule has 154 valence electrons. The van der Waals surface area contributed by atoms with Gasteiger partial charge in [0.25, 0.3) is 0 Å². The number of rotatable bonds is 6. The number of nitrogens with one attached hydrogen (secondary N) is 2. The van der Waals surface area contributed by atoms with Gasteiger partial charge in [0.1, 0.15) is 0 Å². The first-order valence-electron chi connectivity index (χ1n) is 8.50. The molecule has 1 fully saturated rings. The van der Waals surface area contributed by atoms with Crippen LogP contribution < -0.4 is 15.5 Å². The SMILES string of the molecule is CN=C(NCCN(C)CC(F)(F)F)NC1CCN(c2ccccc2Br)C1.I. The Bertz CT molecular complexity index is 614. The van der Waals surface area contributed by atoms with Crippen molar-refractivity contribution in [3.05, 3.63) is 28.7 Å². The van der Waals surface area contributed by atoms with Crippen molar-refractivity contribution in [2.45, 2.75) is 18.6 Å². The van der Waals surface area contributed by atoms with Crippen LogP contribution in [0.3, 0.4) is 0 Å². The van der Waals surface area contributed by atoms with Crippen LogP contribution in [-0.4, -0.2) is 69.9 Å². The van der Waals surface area contributed by atoms with E-state index >= 15 is 0 Å². The zero-order valence-corrected chi connectivity index (χ0v) is 19.3. The smallest absolute Gasteiger partial charge is 0.368 e. The Morgan fingerprint density at radius 3 is 2.70 bits per heavy atom. The average Bonchev–Trinajstić information content (AvgIpc) is 3.01. The summed E-state index contributed by atoms with van der Waals surface area (Å²) in [7, 11) is 3.12. The maximum absolute atomic E-state index is 12.3. The quantitative estimate of drug-likeness (QED) is 0.317. The fraction of sp³-hybridized carbons (Fsp3) is 0.588. The normalized spacial score (nSPS) is 17.8. The molecule has 0 bridgehead atoms. The van der Waals surface area contributed by atoms with Crippen LogP contribution in [0.2, 0.25) is 0 Å². The summed E-state index contributed by atoms with van der Waals surface area (Å²) in [4.78, 5) is 7.70. The van der Waals surface area contributed by atoms with Gasteiger partial charge >= 0.3 is 6.18 Å². The lowest BCUT2D eigenvalue weighted by Crippen LogP contribution is -2.46. The van der Waals surface area contributed by atoms with Gasteiger partial charge in [-0.1, -0.05) is 12.1 Å². The molecule has 0 amide bonds. The number of aliphatic imine (C=N–C) groups is 1. The summed E-state index contributed by atoms with van der Waals surface area (Å²) in [5, 5.41) is 6.43. The third kappa shape index (κ3) is 8.43. The largest absolute Gasteiger partial charge is 0.401 e. The number of para-hydroxylation sites is 1. The summed E-state index contributed by atoms with van der Waals surface area (Å²) in [6.45, 7) is 1.55. The minimum absolute atomic E-state index is 0. The van der Waals surface area contributed by atoms with Gasteiger partial charge in [-0.15, -0.1) is 24.0 Å². The first-order valence-corrected chi connectivity index (χ1v) is 9.30. The number of alkyl halides is 3. The van der Waals surface area contributed by atoms with E-state index in [0.29, 0.717) is 12.5 Å². The van der Waals surface area contributed by atoms with Gasteiger partial charge in [0.05, 0.1) is 12.2 Å². The van der Waals surface area contributed by atoms with Gasteiger partial charge in [0.2, 0.25) is 0 Å². The molecule has 0 spiro atoms. The van der Waals surface area contributed by atoms with E-state index in [4.69, 9.17) is 0 Å². The molecule has 0 radical (unpaired) electrons. The molecule has 10 heteroatoms. The molecule has 1 aromatic carbocycles. The molecule has 1 atom stereocenters. The van der Waals surface area contributed by atoms with Crippen molar-refractivity contribution in [3.8, 4) is 0 Å². The van der Waals surface area contributed by atoms with Crippen molar-refractivity contribution in [2.75, 3.05) is 51.7 Å². The Morgan fingerprint density at radius 2 is 2.07 bits per heavy atom. The molecule has 0 aromatic heterocycles. The highest BCUT2D eigenvalue weighted by Crippen LogP contribution is 2.28. The van der Waals surface area contributed by atoms with Gasteiger partial charge < -0.3 is 15.5 Å². The minimum Gasteiger partial charge on any atom is -0.368 e. The zero-order chi connectivity index (χ0) is 19.2. The van der Waals surface area contributed by atoms with E-state index in [-0.39, 0.29) is 36.6 Å². The number of halogens is 5. The molecule has 1 aliphatic heterocycles. The molecule has 1 saturated heterocycles. The van der Waals surface area contributed by atoms with Crippen molar-refractivity contribution >= 4 is 51.6 Å². The first-order chi connectivity index (χ1) is 12.3. The van der Waals surface area contributed by atoms with E-state index in [1.165, 1.54) is 11.9 Å². The predicted molar refractivity (Wildman–Crippen MR) is 118 cm³/mol. The summed E-state index contributed by atoms with van der Waals surface area (Å²) in [6.07, 6.45) is -3.20.